The van der Waals surface area contributed by atoms with Crippen molar-refractivity contribution < 1.29 is 14.4 Å². The van der Waals surface area contributed by atoms with E-state index < -0.39 is 17.9 Å². The smallest absolute Gasteiger partial charge is 0.239 e. The highest BCUT2D eigenvalue weighted by Crippen LogP contribution is 2.02. The highest BCUT2D eigenvalue weighted by atomic mass is 16.2. The van der Waals surface area contributed by atoms with Gasteiger partial charge in [-0.25, -0.2) is 0 Å². The molecule has 0 radical (unpaired) electrons. The van der Waals surface area contributed by atoms with Crippen LogP contribution in [0.2, 0.25) is 0 Å². The molecule has 0 aromatic carbocycles. The van der Waals surface area contributed by atoms with Gasteiger partial charge in [-0.3, -0.25) is 14.4 Å². The van der Waals surface area contributed by atoms with Crippen LogP contribution >= 0.6 is 0 Å². The molecule has 98 valence electrons. The van der Waals surface area contributed by atoms with Gasteiger partial charge < -0.3 is 16.8 Å². The zero-order chi connectivity index (χ0) is 13.3. The fourth-order valence-corrected chi connectivity index (χ4v) is 1.38. The van der Waals surface area contributed by atoms with E-state index in [1.165, 1.54) is 0 Å². The van der Waals surface area contributed by atoms with E-state index in [9.17, 15) is 14.4 Å². The lowest BCUT2D eigenvalue weighted by atomic mass is 10.1. The third-order valence-electron chi connectivity index (χ3n) is 2.35. The Morgan fingerprint density at radius 1 is 1.12 bits per heavy atom. The lowest BCUT2D eigenvalue weighted by Gasteiger charge is -2.14. The molecule has 0 aromatic heterocycles. The van der Waals surface area contributed by atoms with Crippen LogP contribution in [0, 0.1) is 0 Å². The van der Waals surface area contributed by atoms with Crippen molar-refractivity contribution in [1.82, 2.24) is 5.32 Å². The number of carbonyl (C=O) groups excluding carboxylic acids is 3. The molecule has 0 bridgehead atoms. The van der Waals surface area contributed by atoms with Gasteiger partial charge in [0.25, 0.3) is 0 Å². The Balaban J connectivity index is 3.95. The highest BCUT2D eigenvalue weighted by molar-refractivity contribution is 5.86. The van der Waals surface area contributed by atoms with Crippen LogP contribution < -0.4 is 16.8 Å². The maximum absolute atomic E-state index is 11.4. The van der Waals surface area contributed by atoms with Gasteiger partial charge in [0.2, 0.25) is 17.7 Å². The van der Waals surface area contributed by atoms with Gasteiger partial charge in [0, 0.05) is 12.8 Å². The van der Waals surface area contributed by atoms with Crippen LogP contribution in [0.5, 0.6) is 0 Å². The lowest BCUT2D eigenvalue weighted by Crippen LogP contribution is -2.44. The normalized spacial score (nSPS) is 11.8. The van der Waals surface area contributed by atoms with Crippen molar-refractivity contribution in [2.75, 3.05) is 0 Å². The summed E-state index contributed by atoms with van der Waals surface area (Å²) in [5.74, 6) is -1.23. The first kappa shape index (κ1) is 15.4. The van der Waals surface area contributed by atoms with Gasteiger partial charge in [0.1, 0.15) is 6.04 Å². The van der Waals surface area contributed by atoms with Crippen LogP contribution in [0.3, 0.4) is 0 Å². The van der Waals surface area contributed by atoms with Crippen molar-refractivity contribution in [3.63, 3.8) is 0 Å². The molecule has 17 heavy (non-hydrogen) atoms. The average Bonchev–Trinajstić information content (AvgIpc) is 2.23. The molecule has 0 aliphatic heterocycles. The molecule has 0 spiro atoms. The van der Waals surface area contributed by atoms with Gasteiger partial charge in [0.05, 0.1) is 0 Å². The molecule has 0 aliphatic carbocycles. The van der Waals surface area contributed by atoms with Gasteiger partial charge in [-0.1, -0.05) is 19.8 Å². The third kappa shape index (κ3) is 8.24. The monoisotopic (exact) mass is 243 g/mol. The van der Waals surface area contributed by atoms with Gasteiger partial charge in [-0.15, -0.1) is 0 Å². The van der Waals surface area contributed by atoms with E-state index in [4.69, 9.17) is 11.5 Å². The molecular weight excluding hydrogens is 222 g/mol. The number of carbonyl (C=O) groups is 3. The number of amides is 3. The van der Waals surface area contributed by atoms with Crippen LogP contribution in [0.15, 0.2) is 0 Å². The molecule has 6 heteroatoms. The standard InChI is InChI=1S/C11H21N3O3/c1-2-3-5-8(11(13)17)14-10(16)7-4-6-9(12)15/h8H,2-7H2,1H3,(H2,12,15)(H2,13,17)(H,14,16)/t8-/m0/s1. The predicted molar refractivity (Wildman–Crippen MR) is 63.7 cm³/mol. The molecule has 0 saturated carbocycles. The molecule has 3 amide bonds. The molecule has 5 N–H and O–H groups in total. The molecule has 1 atom stereocenters. The summed E-state index contributed by atoms with van der Waals surface area (Å²) in [5.41, 5.74) is 10.1. The van der Waals surface area contributed by atoms with E-state index in [1.54, 1.807) is 0 Å². The van der Waals surface area contributed by atoms with Crippen LogP contribution in [0.4, 0.5) is 0 Å². The molecule has 0 saturated heterocycles. The second-order valence-electron chi connectivity index (χ2n) is 3.98. The van der Waals surface area contributed by atoms with Crippen LogP contribution in [-0.4, -0.2) is 23.8 Å². The molecule has 0 aromatic rings. The van der Waals surface area contributed by atoms with Crippen LogP contribution in [-0.2, 0) is 14.4 Å². The van der Waals surface area contributed by atoms with Crippen molar-refractivity contribution in [3.8, 4) is 0 Å². The Morgan fingerprint density at radius 2 is 1.76 bits per heavy atom. The van der Waals surface area contributed by atoms with Crippen molar-refractivity contribution in [3.05, 3.63) is 0 Å². The Hall–Kier alpha value is -1.59. The summed E-state index contributed by atoms with van der Waals surface area (Å²) in [6, 6.07) is -0.615. The largest absolute Gasteiger partial charge is 0.370 e. The Bertz CT molecular complexity index is 279. The highest BCUT2D eigenvalue weighted by Gasteiger charge is 2.16. The average molecular weight is 243 g/mol. The number of nitrogens with one attached hydrogen (secondary N) is 1. The zero-order valence-corrected chi connectivity index (χ0v) is 10.2. The van der Waals surface area contributed by atoms with Crippen molar-refractivity contribution in [2.45, 2.75) is 51.5 Å². The number of rotatable bonds is 9. The molecule has 0 fully saturated rings. The zero-order valence-electron chi connectivity index (χ0n) is 10.2. The Kier molecular flexibility index (Phi) is 7.75. The van der Waals surface area contributed by atoms with E-state index in [-0.39, 0.29) is 18.7 Å². The number of primary amides is 2. The first-order valence-electron chi connectivity index (χ1n) is 5.84. The maximum Gasteiger partial charge on any atom is 0.239 e. The van der Waals surface area contributed by atoms with Gasteiger partial charge in [-0.2, -0.15) is 0 Å². The minimum absolute atomic E-state index is 0.170. The Labute approximate surface area is 101 Å². The van der Waals surface area contributed by atoms with E-state index in [1.807, 2.05) is 6.92 Å². The molecule has 0 heterocycles. The first-order valence-corrected chi connectivity index (χ1v) is 5.84. The number of nitrogens with two attached hydrogens (primary N) is 2. The minimum Gasteiger partial charge on any atom is -0.370 e. The fraction of sp³-hybridized carbons (Fsp3) is 0.727. The fourth-order valence-electron chi connectivity index (χ4n) is 1.38. The quantitative estimate of drug-likeness (QED) is 0.521. The van der Waals surface area contributed by atoms with E-state index >= 15 is 0 Å². The molecule has 6 nitrogen and oxygen atoms in total. The number of unbranched alkanes of at least 4 members (excludes halogenated alkanes) is 1. The third-order valence-corrected chi connectivity index (χ3v) is 2.35. The van der Waals surface area contributed by atoms with Crippen molar-refractivity contribution in [2.24, 2.45) is 11.5 Å². The van der Waals surface area contributed by atoms with Gasteiger partial charge in [-0.05, 0) is 12.8 Å². The maximum atomic E-state index is 11.4. The summed E-state index contributed by atoms with van der Waals surface area (Å²) in [5, 5.41) is 2.56. The summed E-state index contributed by atoms with van der Waals surface area (Å²) < 4.78 is 0. The lowest BCUT2D eigenvalue weighted by molar-refractivity contribution is -0.127. The first-order chi connectivity index (χ1) is 7.97. The summed E-state index contributed by atoms with van der Waals surface area (Å²) in [7, 11) is 0. The summed E-state index contributed by atoms with van der Waals surface area (Å²) >= 11 is 0. The summed E-state index contributed by atoms with van der Waals surface area (Å²) in [6.07, 6.45) is 3.05. The van der Waals surface area contributed by atoms with E-state index in [0.29, 0.717) is 12.8 Å². The summed E-state index contributed by atoms with van der Waals surface area (Å²) in [6.45, 7) is 1.99. The predicted octanol–water partition coefficient (Wildman–Crippen LogP) is -0.198. The topological polar surface area (TPSA) is 115 Å². The molecular formula is C11H21N3O3. The van der Waals surface area contributed by atoms with Gasteiger partial charge >= 0.3 is 0 Å². The second kappa shape index (κ2) is 8.55. The SMILES string of the molecule is CCCC[C@H](NC(=O)CCCC(N)=O)C(N)=O. The van der Waals surface area contributed by atoms with E-state index in [0.717, 1.165) is 12.8 Å². The molecule has 0 rings (SSSR count). The van der Waals surface area contributed by atoms with E-state index in [2.05, 4.69) is 5.32 Å². The summed E-state index contributed by atoms with van der Waals surface area (Å²) in [4.78, 5) is 33.0. The second-order valence-corrected chi connectivity index (χ2v) is 3.98. The van der Waals surface area contributed by atoms with Crippen LogP contribution in [0.25, 0.3) is 0 Å². The number of hydrogen-bond acceptors (Lipinski definition) is 3. The molecule has 0 aliphatic rings. The Morgan fingerprint density at radius 3 is 2.24 bits per heavy atom. The van der Waals surface area contributed by atoms with Crippen LogP contribution in [0.1, 0.15) is 45.4 Å². The van der Waals surface area contributed by atoms with Crippen molar-refractivity contribution >= 4 is 17.7 Å². The number of hydrogen-bond donors (Lipinski definition) is 3. The molecule has 0 unspecified atom stereocenters. The van der Waals surface area contributed by atoms with Crippen molar-refractivity contribution in [1.29, 1.82) is 0 Å². The minimum atomic E-state index is -0.615. The van der Waals surface area contributed by atoms with Gasteiger partial charge in [0.15, 0.2) is 0 Å².